The summed E-state index contributed by atoms with van der Waals surface area (Å²) in [6.07, 6.45) is 7.23. The van der Waals surface area contributed by atoms with Crippen molar-refractivity contribution in [1.29, 1.82) is 0 Å². The van der Waals surface area contributed by atoms with Crippen molar-refractivity contribution in [3.63, 3.8) is 0 Å². The summed E-state index contributed by atoms with van der Waals surface area (Å²) in [5.41, 5.74) is 0. The molecule has 0 aromatic rings. The third-order valence-corrected chi connectivity index (χ3v) is 6.05. The predicted octanol–water partition coefficient (Wildman–Crippen LogP) is 1.74. The molecule has 1 aliphatic carbocycles. The van der Waals surface area contributed by atoms with E-state index < -0.39 is 10.0 Å². The number of sulfonamides is 1. The molecule has 1 unspecified atom stereocenters. The first-order valence-corrected chi connectivity index (χ1v) is 10.1. The number of piperidine rings is 1. The first-order chi connectivity index (χ1) is 10.1. The molecule has 0 aromatic heterocycles. The van der Waals surface area contributed by atoms with Crippen molar-refractivity contribution < 1.29 is 13.2 Å². The van der Waals surface area contributed by atoms with Crippen molar-refractivity contribution in [2.45, 2.75) is 64.0 Å². The molecule has 21 heavy (non-hydrogen) atoms. The van der Waals surface area contributed by atoms with Crippen molar-refractivity contribution >= 4 is 10.0 Å². The molecule has 0 radical (unpaired) electrons. The molecule has 6 heteroatoms. The number of hydrogen-bond donors (Lipinski definition) is 1. The van der Waals surface area contributed by atoms with Crippen molar-refractivity contribution in [2.24, 2.45) is 0 Å². The molecular weight excluding hydrogens is 288 g/mol. The molecule has 124 valence electrons. The Morgan fingerprint density at radius 2 is 2.05 bits per heavy atom. The lowest BCUT2D eigenvalue weighted by Gasteiger charge is -2.31. The van der Waals surface area contributed by atoms with Crippen LogP contribution in [0.1, 0.15) is 51.9 Å². The van der Waals surface area contributed by atoms with Gasteiger partial charge in [-0.1, -0.05) is 6.92 Å². The Labute approximate surface area is 129 Å². The zero-order chi connectivity index (χ0) is 15.1. The Bertz CT molecular complexity index is 396. The molecule has 0 aromatic carbocycles. The summed E-state index contributed by atoms with van der Waals surface area (Å²) in [5.74, 6) is 0.278. The molecule has 1 N–H and O–H groups in total. The molecule has 0 spiro atoms. The third-order valence-electron chi connectivity index (χ3n) is 4.13. The van der Waals surface area contributed by atoms with Gasteiger partial charge in [0.25, 0.3) is 0 Å². The van der Waals surface area contributed by atoms with E-state index in [4.69, 9.17) is 4.74 Å². The minimum atomic E-state index is -3.10. The number of ether oxygens (including phenoxy) is 1. The smallest absolute Gasteiger partial charge is 0.214 e. The Morgan fingerprint density at radius 3 is 2.76 bits per heavy atom. The summed E-state index contributed by atoms with van der Waals surface area (Å²) in [5, 5.41) is 3.42. The summed E-state index contributed by atoms with van der Waals surface area (Å²) < 4.78 is 32.1. The Morgan fingerprint density at radius 1 is 1.24 bits per heavy atom. The van der Waals surface area contributed by atoms with Gasteiger partial charge >= 0.3 is 0 Å². The van der Waals surface area contributed by atoms with Crippen LogP contribution in [-0.2, 0) is 14.8 Å². The molecule has 2 aliphatic rings. The van der Waals surface area contributed by atoms with Gasteiger partial charge in [-0.3, -0.25) is 0 Å². The SMILES string of the molecule is CCCOC1CCCN(S(=O)(=O)CCCCNC2CC2)C1. The van der Waals surface area contributed by atoms with E-state index in [1.807, 2.05) is 0 Å². The molecule has 1 saturated heterocycles. The second-order valence-corrected chi connectivity index (χ2v) is 8.33. The molecule has 0 bridgehead atoms. The second kappa shape index (κ2) is 8.46. The average molecular weight is 318 g/mol. The lowest BCUT2D eigenvalue weighted by atomic mass is 10.1. The van der Waals surface area contributed by atoms with Gasteiger partial charge < -0.3 is 10.1 Å². The predicted molar refractivity (Wildman–Crippen MR) is 84.9 cm³/mol. The van der Waals surface area contributed by atoms with E-state index in [2.05, 4.69) is 12.2 Å². The number of nitrogens with one attached hydrogen (secondary N) is 1. The van der Waals surface area contributed by atoms with Crippen molar-refractivity contribution in [3.8, 4) is 0 Å². The Balaban J connectivity index is 1.67. The standard InChI is InChI=1S/C15H30N2O3S/c1-2-11-20-15-6-5-10-17(13-15)21(18,19)12-4-3-9-16-14-7-8-14/h14-16H,2-13H2,1H3. The molecule has 1 heterocycles. The lowest BCUT2D eigenvalue weighted by molar-refractivity contribution is 0.0193. The van der Waals surface area contributed by atoms with Crippen LogP contribution in [-0.4, -0.2) is 56.9 Å². The van der Waals surface area contributed by atoms with Gasteiger partial charge in [-0.15, -0.1) is 0 Å². The fourth-order valence-electron chi connectivity index (χ4n) is 2.71. The first-order valence-electron chi connectivity index (χ1n) is 8.44. The topological polar surface area (TPSA) is 58.6 Å². The fraction of sp³-hybridized carbons (Fsp3) is 1.00. The van der Waals surface area contributed by atoms with Crippen LogP contribution in [0.4, 0.5) is 0 Å². The van der Waals surface area contributed by atoms with E-state index in [0.29, 0.717) is 19.1 Å². The molecule has 0 amide bonds. The second-order valence-electron chi connectivity index (χ2n) is 6.24. The number of hydrogen-bond acceptors (Lipinski definition) is 4. The van der Waals surface area contributed by atoms with Crippen LogP contribution < -0.4 is 5.32 Å². The minimum Gasteiger partial charge on any atom is -0.377 e. The summed E-state index contributed by atoms with van der Waals surface area (Å²) in [6.45, 7) is 4.96. The van der Waals surface area contributed by atoms with E-state index in [1.54, 1.807) is 4.31 Å². The summed E-state index contributed by atoms with van der Waals surface area (Å²) in [6, 6.07) is 0.708. The van der Waals surface area contributed by atoms with Gasteiger partial charge in [-0.25, -0.2) is 8.42 Å². The maximum Gasteiger partial charge on any atom is 0.214 e. The molecule has 1 aliphatic heterocycles. The van der Waals surface area contributed by atoms with Gasteiger partial charge in [0.05, 0.1) is 11.9 Å². The molecule has 1 saturated carbocycles. The Kier molecular flexibility index (Phi) is 6.92. The molecule has 5 nitrogen and oxygen atoms in total. The van der Waals surface area contributed by atoms with E-state index in [0.717, 1.165) is 45.3 Å². The van der Waals surface area contributed by atoms with Crippen LogP contribution >= 0.6 is 0 Å². The van der Waals surface area contributed by atoms with E-state index >= 15 is 0 Å². The highest BCUT2D eigenvalue weighted by atomic mass is 32.2. The highest BCUT2D eigenvalue weighted by Gasteiger charge is 2.28. The zero-order valence-corrected chi connectivity index (χ0v) is 14.0. The van der Waals surface area contributed by atoms with Gasteiger partial charge in [0.1, 0.15) is 0 Å². The van der Waals surface area contributed by atoms with Crippen molar-refractivity contribution in [2.75, 3.05) is 32.0 Å². The quantitative estimate of drug-likeness (QED) is 0.623. The van der Waals surface area contributed by atoms with Crippen LogP contribution in [0.3, 0.4) is 0 Å². The molecular formula is C15H30N2O3S. The highest BCUT2D eigenvalue weighted by molar-refractivity contribution is 7.89. The highest BCUT2D eigenvalue weighted by Crippen LogP contribution is 2.19. The monoisotopic (exact) mass is 318 g/mol. The van der Waals surface area contributed by atoms with Crippen LogP contribution in [0.15, 0.2) is 0 Å². The van der Waals surface area contributed by atoms with E-state index in [9.17, 15) is 8.42 Å². The molecule has 2 rings (SSSR count). The number of unbranched alkanes of at least 4 members (excludes halogenated alkanes) is 1. The summed E-state index contributed by atoms with van der Waals surface area (Å²) >= 11 is 0. The Hall–Kier alpha value is -0.170. The number of nitrogens with zero attached hydrogens (tertiary/aromatic N) is 1. The average Bonchev–Trinajstić information content (AvgIpc) is 3.29. The largest absolute Gasteiger partial charge is 0.377 e. The van der Waals surface area contributed by atoms with Crippen LogP contribution in [0.25, 0.3) is 0 Å². The van der Waals surface area contributed by atoms with Crippen molar-refractivity contribution in [3.05, 3.63) is 0 Å². The van der Waals surface area contributed by atoms with Gasteiger partial charge in [0.2, 0.25) is 10.0 Å². The normalized spacial score (nSPS) is 24.3. The van der Waals surface area contributed by atoms with Gasteiger partial charge in [-0.2, -0.15) is 4.31 Å². The van der Waals surface area contributed by atoms with Crippen LogP contribution in [0.5, 0.6) is 0 Å². The summed E-state index contributed by atoms with van der Waals surface area (Å²) in [4.78, 5) is 0. The maximum absolute atomic E-state index is 12.4. The van der Waals surface area contributed by atoms with Gasteiger partial charge in [0, 0.05) is 25.7 Å². The van der Waals surface area contributed by atoms with E-state index in [1.165, 1.54) is 12.8 Å². The van der Waals surface area contributed by atoms with E-state index in [-0.39, 0.29) is 11.9 Å². The fourth-order valence-corrected chi connectivity index (χ4v) is 4.34. The van der Waals surface area contributed by atoms with Crippen LogP contribution in [0.2, 0.25) is 0 Å². The lowest BCUT2D eigenvalue weighted by Crippen LogP contribution is -2.44. The molecule has 1 atom stereocenters. The minimum absolute atomic E-state index is 0.0880. The number of rotatable bonds is 10. The first kappa shape index (κ1) is 17.2. The van der Waals surface area contributed by atoms with Gasteiger partial charge in [-0.05, 0) is 51.5 Å². The van der Waals surface area contributed by atoms with Crippen molar-refractivity contribution in [1.82, 2.24) is 9.62 Å². The third kappa shape index (κ3) is 6.22. The zero-order valence-electron chi connectivity index (χ0n) is 13.2. The molecule has 2 fully saturated rings. The van der Waals surface area contributed by atoms with Gasteiger partial charge in [0.15, 0.2) is 0 Å². The van der Waals surface area contributed by atoms with Crippen LogP contribution in [0, 0.1) is 0 Å². The maximum atomic E-state index is 12.4. The summed E-state index contributed by atoms with van der Waals surface area (Å²) in [7, 11) is -3.10.